The van der Waals surface area contributed by atoms with Crippen LogP contribution in [0.4, 0.5) is 0 Å². The summed E-state index contributed by atoms with van der Waals surface area (Å²) < 4.78 is 10.8. The highest BCUT2D eigenvalue weighted by Crippen LogP contribution is 2.30. The molecule has 1 atom stereocenters. The van der Waals surface area contributed by atoms with Gasteiger partial charge >= 0.3 is 0 Å². The molecule has 1 aliphatic heterocycles. The van der Waals surface area contributed by atoms with E-state index in [2.05, 4.69) is 15.2 Å². The number of carbonyl (C=O) groups excluding carboxylic acids is 1. The first-order valence-electron chi connectivity index (χ1n) is 8.11. The second-order valence-corrected chi connectivity index (χ2v) is 5.81. The van der Waals surface area contributed by atoms with E-state index in [4.69, 9.17) is 9.47 Å². The molecule has 1 aromatic heterocycles. The van der Waals surface area contributed by atoms with Crippen LogP contribution in [0.5, 0.6) is 11.5 Å². The number of rotatable bonds is 5. The van der Waals surface area contributed by atoms with Gasteiger partial charge in [-0.05, 0) is 38.5 Å². The van der Waals surface area contributed by atoms with Crippen molar-refractivity contribution < 1.29 is 14.3 Å². The van der Waals surface area contributed by atoms with Crippen LogP contribution in [-0.4, -0.2) is 52.8 Å². The number of amides is 1. The van der Waals surface area contributed by atoms with Crippen LogP contribution in [0.3, 0.4) is 0 Å². The molecule has 128 valence electrons. The van der Waals surface area contributed by atoms with Crippen molar-refractivity contribution in [3.8, 4) is 11.5 Å². The van der Waals surface area contributed by atoms with E-state index in [1.54, 1.807) is 25.3 Å². The number of nitrogens with one attached hydrogen (secondary N) is 1. The Labute approximate surface area is 141 Å². The van der Waals surface area contributed by atoms with Gasteiger partial charge < -0.3 is 14.4 Å². The Kier molecular flexibility index (Phi) is 4.69. The van der Waals surface area contributed by atoms with Crippen molar-refractivity contribution in [2.45, 2.75) is 26.2 Å². The number of likely N-dealkylation sites (tertiary alicyclic amines) is 1. The molecular weight excluding hydrogens is 308 g/mol. The van der Waals surface area contributed by atoms with E-state index in [0.717, 1.165) is 18.1 Å². The number of aryl methyl sites for hydroxylation is 1. The Morgan fingerprint density at radius 2 is 2.25 bits per heavy atom. The lowest BCUT2D eigenvalue weighted by Gasteiger charge is -2.17. The lowest BCUT2D eigenvalue weighted by atomic mass is 10.1. The molecule has 2 heterocycles. The number of hydrogen-bond donors (Lipinski definition) is 1. The van der Waals surface area contributed by atoms with Gasteiger partial charge in [-0.15, -0.1) is 0 Å². The summed E-state index contributed by atoms with van der Waals surface area (Å²) in [5.41, 5.74) is 0.599. The van der Waals surface area contributed by atoms with E-state index in [0.29, 0.717) is 36.8 Å². The molecule has 0 aliphatic carbocycles. The molecule has 7 nitrogen and oxygen atoms in total. The fraction of sp³-hybridized carbons (Fsp3) is 0.471. The van der Waals surface area contributed by atoms with Gasteiger partial charge in [0, 0.05) is 24.6 Å². The minimum absolute atomic E-state index is 0.00824. The normalized spacial score (nSPS) is 17.1. The van der Waals surface area contributed by atoms with Gasteiger partial charge in [0.05, 0.1) is 13.7 Å². The second-order valence-electron chi connectivity index (χ2n) is 5.81. The maximum absolute atomic E-state index is 12.7. The third-order valence-corrected chi connectivity index (χ3v) is 4.17. The summed E-state index contributed by atoms with van der Waals surface area (Å²) in [4.78, 5) is 19.0. The Balaban J connectivity index is 1.73. The first-order chi connectivity index (χ1) is 11.6. The molecule has 3 rings (SSSR count). The van der Waals surface area contributed by atoms with Crippen molar-refractivity contribution in [2.75, 3.05) is 26.8 Å². The molecule has 1 fully saturated rings. The molecule has 1 saturated heterocycles. The topological polar surface area (TPSA) is 80.3 Å². The number of nitrogens with zero attached hydrogens (tertiary/aromatic N) is 3. The number of aromatic nitrogens is 3. The van der Waals surface area contributed by atoms with Crippen LogP contribution in [0.2, 0.25) is 0 Å². The van der Waals surface area contributed by atoms with Crippen molar-refractivity contribution in [1.29, 1.82) is 0 Å². The summed E-state index contributed by atoms with van der Waals surface area (Å²) in [7, 11) is 1.57. The Hall–Kier alpha value is -2.57. The van der Waals surface area contributed by atoms with E-state index >= 15 is 0 Å². The fourth-order valence-electron chi connectivity index (χ4n) is 2.96. The van der Waals surface area contributed by atoms with Gasteiger partial charge in [-0.2, -0.15) is 5.10 Å². The number of H-pyrrole nitrogens is 1. The van der Waals surface area contributed by atoms with Crippen LogP contribution in [-0.2, 0) is 0 Å². The van der Waals surface area contributed by atoms with E-state index < -0.39 is 0 Å². The zero-order chi connectivity index (χ0) is 17.1. The molecular formula is C17H22N4O3. The number of aromatic amines is 1. The van der Waals surface area contributed by atoms with Gasteiger partial charge in [0.15, 0.2) is 17.3 Å². The first kappa shape index (κ1) is 16.3. The largest absolute Gasteiger partial charge is 0.493 e. The van der Waals surface area contributed by atoms with E-state index in [1.165, 1.54) is 0 Å². The van der Waals surface area contributed by atoms with Gasteiger partial charge in [0.2, 0.25) is 0 Å². The molecule has 1 N–H and O–H groups in total. The molecule has 7 heteroatoms. The Morgan fingerprint density at radius 1 is 1.42 bits per heavy atom. The molecule has 0 spiro atoms. The molecule has 0 radical (unpaired) electrons. The van der Waals surface area contributed by atoms with E-state index in [9.17, 15) is 4.79 Å². The van der Waals surface area contributed by atoms with Gasteiger partial charge in [0.25, 0.3) is 5.91 Å². The highest BCUT2D eigenvalue weighted by Gasteiger charge is 2.30. The quantitative estimate of drug-likeness (QED) is 0.908. The van der Waals surface area contributed by atoms with Crippen LogP contribution in [0.1, 0.15) is 41.3 Å². The lowest BCUT2D eigenvalue weighted by molar-refractivity contribution is 0.0790. The standard InChI is InChI=1S/C17H22N4O3/c1-4-24-14-6-5-12(9-15(14)23-3)17(22)21-8-7-13(10-21)16-18-11(2)19-20-16/h5-6,9,13H,4,7-8,10H2,1-3H3,(H,18,19,20). The van der Waals surface area contributed by atoms with Crippen LogP contribution >= 0.6 is 0 Å². The van der Waals surface area contributed by atoms with Crippen molar-refractivity contribution >= 4 is 5.91 Å². The van der Waals surface area contributed by atoms with Crippen LogP contribution < -0.4 is 9.47 Å². The molecule has 0 saturated carbocycles. The van der Waals surface area contributed by atoms with E-state index in [-0.39, 0.29) is 11.8 Å². The van der Waals surface area contributed by atoms with Crippen molar-refractivity contribution in [1.82, 2.24) is 20.1 Å². The molecule has 24 heavy (non-hydrogen) atoms. The minimum atomic E-state index is -0.00824. The number of benzene rings is 1. The summed E-state index contributed by atoms with van der Waals surface area (Å²) in [6, 6.07) is 5.29. The summed E-state index contributed by atoms with van der Waals surface area (Å²) in [5, 5.41) is 7.07. The predicted molar refractivity (Wildman–Crippen MR) is 88.5 cm³/mol. The highest BCUT2D eigenvalue weighted by atomic mass is 16.5. The van der Waals surface area contributed by atoms with Gasteiger partial charge in [-0.1, -0.05) is 0 Å². The smallest absolute Gasteiger partial charge is 0.254 e. The highest BCUT2D eigenvalue weighted by molar-refractivity contribution is 5.95. The Morgan fingerprint density at radius 3 is 2.92 bits per heavy atom. The maximum atomic E-state index is 12.7. The second kappa shape index (κ2) is 6.90. The van der Waals surface area contributed by atoms with Gasteiger partial charge in [-0.3, -0.25) is 9.89 Å². The van der Waals surface area contributed by atoms with Crippen LogP contribution in [0, 0.1) is 6.92 Å². The van der Waals surface area contributed by atoms with Gasteiger partial charge in [0.1, 0.15) is 5.82 Å². The lowest BCUT2D eigenvalue weighted by Crippen LogP contribution is -2.28. The zero-order valence-corrected chi connectivity index (χ0v) is 14.2. The predicted octanol–water partition coefficient (Wildman–Crippen LogP) is 2.15. The molecule has 0 bridgehead atoms. The SMILES string of the molecule is CCOc1ccc(C(=O)N2CCC(c3n[nH]c(C)n3)C2)cc1OC. The maximum Gasteiger partial charge on any atom is 0.254 e. The number of carbonyl (C=O) groups is 1. The summed E-state index contributed by atoms with van der Waals surface area (Å²) >= 11 is 0. The average Bonchev–Trinajstić information content (AvgIpc) is 3.23. The van der Waals surface area contributed by atoms with E-state index in [1.807, 2.05) is 18.7 Å². The molecule has 2 aromatic rings. The Bertz CT molecular complexity index is 728. The summed E-state index contributed by atoms with van der Waals surface area (Å²) in [5.74, 6) is 2.97. The van der Waals surface area contributed by atoms with Crippen molar-refractivity contribution in [2.24, 2.45) is 0 Å². The van der Waals surface area contributed by atoms with Crippen LogP contribution in [0.15, 0.2) is 18.2 Å². The average molecular weight is 330 g/mol. The van der Waals surface area contributed by atoms with Crippen molar-refractivity contribution in [3.63, 3.8) is 0 Å². The molecule has 1 aromatic carbocycles. The molecule has 1 aliphatic rings. The zero-order valence-electron chi connectivity index (χ0n) is 14.2. The number of hydrogen-bond acceptors (Lipinski definition) is 5. The fourth-order valence-corrected chi connectivity index (χ4v) is 2.96. The monoisotopic (exact) mass is 330 g/mol. The summed E-state index contributed by atoms with van der Waals surface area (Å²) in [6.07, 6.45) is 0.872. The van der Waals surface area contributed by atoms with Crippen LogP contribution in [0.25, 0.3) is 0 Å². The number of methoxy groups -OCH3 is 1. The molecule has 1 amide bonds. The molecule has 1 unspecified atom stereocenters. The minimum Gasteiger partial charge on any atom is -0.493 e. The summed E-state index contributed by atoms with van der Waals surface area (Å²) in [6.45, 7) is 5.67. The number of ether oxygens (including phenoxy) is 2. The van der Waals surface area contributed by atoms with Gasteiger partial charge in [-0.25, -0.2) is 4.98 Å². The third-order valence-electron chi connectivity index (χ3n) is 4.17. The van der Waals surface area contributed by atoms with Crippen molar-refractivity contribution in [3.05, 3.63) is 35.4 Å². The first-order valence-corrected chi connectivity index (χ1v) is 8.11. The third kappa shape index (κ3) is 3.20.